The van der Waals surface area contributed by atoms with Gasteiger partial charge in [-0.2, -0.15) is 0 Å². The van der Waals surface area contributed by atoms with E-state index in [1.165, 1.54) is 0 Å². The molecule has 0 bridgehead atoms. The van der Waals surface area contributed by atoms with Gasteiger partial charge in [0.1, 0.15) is 6.04 Å². The normalized spacial score (nSPS) is 21.4. The van der Waals surface area contributed by atoms with Gasteiger partial charge < -0.3 is 15.3 Å². The van der Waals surface area contributed by atoms with Crippen LogP contribution in [-0.2, 0) is 4.79 Å². The maximum absolute atomic E-state index is 12.2. The molecule has 1 heterocycles. The standard InChI is InChI=1S/C12H15ClN2O2/c13-9-4-1-2-5-11(9)15-7-3-6-14-10(8-16)12(15)17/h1-2,4-5,10,14,16H,3,6-8H2. The number of rotatable bonds is 2. The molecule has 1 saturated heterocycles. The number of hydrogen-bond donors (Lipinski definition) is 2. The van der Waals surface area contributed by atoms with Crippen molar-refractivity contribution in [2.45, 2.75) is 12.5 Å². The summed E-state index contributed by atoms with van der Waals surface area (Å²) in [7, 11) is 0. The number of aliphatic hydroxyl groups is 1. The van der Waals surface area contributed by atoms with E-state index in [1.807, 2.05) is 18.2 Å². The predicted molar refractivity (Wildman–Crippen MR) is 67.3 cm³/mol. The predicted octanol–water partition coefficient (Wildman–Crippen LogP) is 1.03. The van der Waals surface area contributed by atoms with Crippen LogP contribution in [0, 0.1) is 0 Å². The van der Waals surface area contributed by atoms with E-state index < -0.39 is 6.04 Å². The highest BCUT2D eigenvalue weighted by atomic mass is 35.5. The van der Waals surface area contributed by atoms with Gasteiger partial charge in [-0.15, -0.1) is 0 Å². The summed E-state index contributed by atoms with van der Waals surface area (Å²) in [6.07, 6.45) is 0.841. The lowest BCUT2D eigenvalue weighted by Gasteiger charge is -2.24. The van der Waals surface area contributed by atoms with Crippen LogP contribution in [0.3, 0.4) is 0 Å². The van der Waals surface area contributed by atoms with E-state index in [4.69, 9.17) is 11.6 Å². The second kappa shape index (κ2) is 5.49. The molecule has 2 N–H and O–H groups in total. The summed E-state index contributed by atoms with van der Waals surface area (Å²) in [4.78, 5) is 13.8. The molecule has 2 rings (SSSR count). The molecule has 1 unspecified atom stereocenters. The Bertz CT molecular complexity index is 411. The van der Waals surface area contributed by atoms with Crippen molar-refractivity contribution < 1.29 is 9.90 Å². The number of amides is 1. The quantitative estimate of drug-likeness (QED) is 0.829. The van der Waals surface area contributed by atoms with Crippen LogP contribution in [0.2, 0.25) is 5.02 Å². The summed E-state index contributed by atoms with van der Waals surface area (Å²) in [6, 6.07) is 6.72. The third-order valence-electron chi connectivity index (χ3n) is 2.84. The van der Waals surface area contributed by atoms with Gasteiger partial charge in [-0.3, -0.25) is 4.79 Å². The van der Waals surface area contributed by atoms with Gasteiger partial charge in [0.15, 0.2) is 0 Å². The zero-order valence-corrected chi connectivity index (χ0v) is 10.2. The molecule has 1 atom stereocenters. The van der Waals surface area contributed by atoms with E-state index in [9.17, 15) is 9.90 Å². The molecule has 1 aromatic carbocycles. The number of carbonyl (C=O) groups is 1. The minimum absolute atomic E-state index is 0.127. The first-order valence-corrected chi connectivity index (χ1v) is 6.02. The Labute approximate surface area is 105 Å². The van der Waals surface area contributed by atoms with E-state index in [0.29, 0.717) is 17.3 Å². The molecular weight excluding hydrogens is 240 g/mol. The number of nitrogens with one attached hydrogen (secondary N) is 1. The van der Waals surface area contributed by atoms with Gasteiger partial charge >= 0.3 is 0 Å². The molecule has 1 fully saturated rings. The Hall–Kier alpha value is -1.10. The maximum Gasteiger partial charge on any atom is 0.246 e. The molecule has 1 aromatic rings. The monoisotopic (exact) mass is 254 g/mol. The summed E-state index contributed by atoms with van der Waals surface area (Å²) in [5.41, 5.74) is 0.710. The van der Waals surface area contributed by atoms with Crippen molar-refractivity contribution in [1.29, 1.82) is 0 Å². The van der Waals surface area contributed by atoms with E-state index >= 15 is 0 Å². The van der Waals surface area contributed by atoms with Crippen LogP contribution in [0.25, 0.3) is 0 Å². The molecule has 1 amide bonds. The molecule has 4 nitrogen and oxygen atoms in total. The van der Waals surface area contributed by atoms with Gasteiger partial charge in [0, 0.05) is 6.54 Å². The Morgan fingerprint density at radius 1 is 1.47 bits per heavy atom. The molecule has 0 aromatic heterocycles. The van der Waals surface area contributed by atoms with Gasteiger partial charge in [-0.25, -0.2) is 0 Å². The van der Waals surface area contributed by atoms with E-state index in [-0.39, 0.29) is 12.5 Å². The second-order valence-corrected chi connectivity index (χ2v) is 4.39. The molecule has 92 valence electrons. The van der Waals surface area contributed by atoms with Gasteiger partial charge in [-0.05, 0) is 25.1 Å². The second-order valence-electron chi connectivity index (χ2n) is 3.98. The summed E-state index contributed by atoms with van der Waals surface area (Å²) in [5.74, 6) is -0.127. The topological polar surface area (TPSA) is 52.6 Å². The molecule has 0 aliphatic carbocycles. The fourth-order valence-electron chi connectivity index (χ4n) is 1.95. The fraction of sp³-hybridized carbons (Fsp3) is 0.417. The molecule has 0 saturated carbocycles. The Morgan fingerprint density at radius 3 is 2.94 bits per heavy atom. The average Bonchev–Trinajstić information content (AvgIpc) is 2.52. The van der Waals surface area contributed by atoms with Gasteiger partial charge in [0.25, 0.3) is 0 Å². The van der Waals surface area contributed by atoms with Crippen LogP contribution in [0.4, 0.5) is 5.69 Å². The van der Waals surface area contributed by atoms with E-state index in [1.54, 1.807) is 11.0 Å². The number of aliphatic hydroxyl groups excluding tert-OH is 1. The highest BCUT2D eigenvalue weighted by molar-refractivity contribution is 6.33. The van der Waals surface area contributed by atoms with Crippen molar-refractivity contribution in [2.24, 2.45) is 0 Å². The summed E-state index contributed by atoms with van der Waals surface area (Å²) in [6.45, 7) is 1.14. The highest BCUT2D eigenvalue weighted by Gasteiger charge is 2.27. The van der Waals surface area contributed by atoms with E-state index in [0.717, 1.165) is 13.0 Å². The number of anilines is 1. The van der Waals surface area contributed by atoms with Crippen LogP contribution in [0.1, 0.15) is 6.42 Å². The Kier molecular flexibility index (Phi) is 3.99. The number of para-hydroxylation sites is 1. The minimum Gasteiger partial charge on any atom is -0.394 e. The molecular formula is C12H15ClN2O2. The number of hydrogen-bond acceptors (Lipinski definition) is 3. The van der Waals surface area contributed by atoms with Crippen LogP contribution in [0.5, 0.6) is 0 Å². The fourth-order valence-corrected chi connectivity index (χ4v) is 2.19. The highest BCUT2D eigenvalue weighted by Crippen LogP contribution is 2.26. The molecule has 1 aliphatic rings. The van der Waals surface area contributed by atoms with Gasteiger partial charge in [0.05, 0.1) is 17.3 Å². The zero-order chi connectivity index (χ0) is 12.3. The van der Waals surface area contributed by atoms with Crippen LogP contribution in [-0.4, -0.2) is 36.8 Å². The third kappa shape index (κ3) is 2.60. The Balaban J connectivity index is 2.30. The summed E-state index contributed by atoms with van der Waals surface area (Å²) < 4.78 is 0. The number of benzene rings is 1. The number of halogens is 1. The number of carbonyl (C=O) groups excluding carboxylic acids is 1. The molecule has 17 heavy (non-hydrogen) atoms. The maximum atomic E-state index is 12.2. The molecule has 0 radical (unpaired) electrons. The Morgan fingerprint density at radius 2 is 2.24 bits per heavy atom. The summed E-state index contributed by atoms with van der Waals surface area (Å²) in [5, 5.41) is 12.7. The SMILES string of the molecule is O=C1C(CO)NCCCN1c1ccccc1Cl. The average molecular weight is 255 g/mol. The van der Waals surface area contributed by atoms with E-state index in [2.05, 4.69) is 5.32 Å². The van der Waals surface area contributed by atoms with Crippen molar-refractivity contribution in [2.75, 3.05) is 24.6 Å². The molecule has 0 spiro atoms. The van der Waals surface area contributed by atoms with Gasteiger partial charge in [0.2, 0.25) is 5.91 Å². The largest absolute Gasteiger partial charge is 0.394 e. The van der Waals surface area contributed by atoms with Crippen molar-refractivity contribution in [3.05, 3.63) is 29.3 Å². The van der Waals surface area contributed by atoms with Crippen molar-refractivity contribution in [3.8, 4) is 0 Å². The van der Waals surface area contributed by atoms with Crippen LogP contribution < -0.4 is 10.2 Å². The first-order chi connectivity index (χ1) is 8.24. The smallest absolute Gasteiger partial charge is 0.246 e. The van der Waals surface area contributed by atoms with Crippen LogP contribution >= 0.6 is 11.6 Å². The lowest BCUT2D eigenvalue weighted by Crippen LogP contribution is -2.46. The van der Waals surface area contributed by atoms with Crippen molar-refractivity contribution in [3.63, 3.8) is 0 Å². The zero-order valence-electron chi connectivity index (χ0n) is 9.40. The molecule has 5 heteroatoms. The summed E-state index contributed by atoms with van der Waals surface area (Å²) >= 11 is 6.09. The van der Waals surface area contributed by atoms with Crippen molar-refractivity contribution in [1.82, 2.24) is 5.32 Å². The lowest BCUT2D eigenvalue weighted by molar-refractivity contribution is -0.121. The van der Waals surface area contributed by atoms with Gasteiger partial charge in [-0.1, -0.05) is 23.7 Å². The van der Waals surface area contributed by atoms with Crippen molar-refractivity contribution >= 4 is 23.2 Å². The lowest BCUT2D eigenvalue weighted by atomic mass is 10.2. The third-order valence-corrected chi connectivity index (χ3v) is 3.16. The first kappa shape index (κ1) is 12.4. The molecule has 1 aliphatic heterocycles. The number of nitrogens with zero attached hydrogens (tertiary/aromatic N) is 1. The van der Waals surface area contributed by atoms with Crippen LogP contribution in [0.15, 0.2) is 24.3 Å². The first-order valence-electron chi connectivity index (χ1n) is 5.64. The minimum atomic E-state index is -0.534.